The van der Waals surface area contributed by atoms with Crippen LogP contribution in [0.25, 0.3) is 5.69 Å². The third kappa shape index (κ3) is 4.62. The molecule has 2 aromatic carbocycles. The van der Waals surface area contributed by atoms with Gasteiger partial charge in [-0.05, 0) is 44.4 Å². The van der Waals surface area contributed by atoms with Crippen molar-refractivity contribution >= 4 is 11.6 Å². The molecule has 1 aromatic heterocycles. The Bertz CT molecular complexity index is 1250. The molecule has 33 heavy (non-hydrogen) atoms. The zero-order chi connectivity index (χ0) is 23.5. The normalized spacial score (nSPS) is 14.3. The number of nitrogens with zero attached hydrogens (tertiary/aromatic N) is 3. The van der Waals surface area contributed by atoms with E-state index in [0.717, 1.165) is 15.8 Å². The van der Waals surface area contributed by atoms with E-state index in [2.05, 4.69) is 5.32 Å². The average Bonchev–Trinajstić information content (AvgIpc) is 2.83. The average molecular weight is 447 g/mol. The zero-order valence-electron chi connectivity index (χ0n) is 19.4. The summed E-state index contributed by atoms with van der Waals surface area (Å²) in [5.41, 5.74) is 3.48. The number of amides is 1. The van der Waals surface area contributed by atoms with E-state index < -0.39 is 0 Å². The summed E-state index contributed by atoms with van der Waals surface area (Å²) in [6.45, 7) is 5.54. The SMILES string of the molecule is Cc1ccc(CNC(=O)C2CCN(c3c(C)n(-c4ccccc4)c(=O)n(C)c3=O)CC2)cc1. The number of aryl methyl sites for hydroxylation is 1. The smallest absolute Gasteiger partial charge is 0.335 e. The fourth-order valence-corrected chi connectivity index (χ4v) is 4.45. The van der Waals surface area contributed by atoms with Crippen LogP contribution in [0.1, 0.15) is 29.7 Å². The number of nitrogens with one attached hydrogen (secondary N) is 1. The molecular weight excluding hydrogens is 416 g/mol. The van der Waals surface area contributed by atoms with Gasteiger partial charge in [0.2, 0.25) is 5.91 Å². The van der Waals surface area contributed by atoms with Crippen LogP contribution in [0.2, 0.25) is 0 Å². The monoisotopic (exact) mass is 446 g/mol. The van der Waals surface area contributed by atoms with Gasteiger partial charge in [-0.3, -0.25) is 18.7 Å². The number of carbonyl (C=O) groups excluding carboxylic acids is 1. The van der Waals surface area contributed by atoms with Crippen molar-refractivity contribution in [3.63, 3.8) is 0 Å². The Morgan fingerprint density at radius 3 is 2.24 bits per heavy atom. The number of anilines is 1. The van der Waals surface area contributed by atoms with Gasteiger partial charge in [-0.15, -0.1) is 0 Å². The van der Waals surface area contributed by atoms with Crippen LogP contribution in [0.15, 0.2) is 64.2 Å². The van der Waals surface area contributed by atoms with Crippen LogP contribution in [-0.4, -0.2) is 28.1 Å². The van der Waals surface area contributed by atoms with Crippen molar-refractivity contribution in [1.29, 1.82) is 0 Å². The Labute approximate surface area is 193 Å². The van der Waals surface area contributed by atoms with Crippen LogP contribution in [0.5, 0.6) is 0 Å². The number of piperidine rings is 1. The van der Waals surface area contributed by atoms with Crippen LogP contribution in [-0.2, 0) is 18.4 Å². The quantitative estimate of drug-likeness (QED) is 0.654. The van der Waals surface area contributed by atoms with Crippen LogP contribution >= 0.6 is 0 Å². The second kappa shape index (κ2) is 9.48. The number of rotatable bonds is 5. The largest absolute Gasteiger partial charge is 0.366 e. The lowest BCUT2D eigenvalue weighted by atomic mass is 9.95. The van der Waals surface area contributed by atoms with Crippen molar-refractivity contribution < 1.29 is 4.79 Å². The molecule has 1 N–H and O–H groups in total. The van der Waals surface area contributed by atoms with Crippen molar-refractivity contribution in [3.8, 4) is 5.69 Å². The number of aromatic nitrogens is 2. The van der Waals surface area contributed by atoms with E-state index >= 15 is 0 Å². The summed E-state index contributed by atoms with van der Waals surface area (Å²) in [6, 6.07) is 17.5. The van der Waals surface area contributed by atoms with Crippen LogP contribution in [0, 0.1) is 19.8 Å². The minimum absolute atomic E-state index is 0.0501. The molecule has 2 heterocycles. The van der Waals surface area contributed by atoms with Gasteiger partial charge in [-0.25, -0.2) is 4.79 Å². The predicted molar refractivity (Wildman–Crippen MR) is 130 cm³/mol. The molecular formula is C26H30N4O3. The second-order valence-electron chi connectivity index (χ2n) is 8.72. The van der Waals surface area contributed by atoms with E-state index in [1.807, 2.05) is 73.3 Å². The van der Waals surface area contributed by atoms with E-state index in [-0.39, 0.29) is 23.1 Å². The van der Waals surface area contributed by atoms with E-state index in [1.54, 1.807) is 4.57 Å². The Balaban J connectivity index is 1.49. The minimum atomic E-state index is -0.363. The van der Waals surface area contributed by atoms with E-state index in [9.17, 15) is 14.4 Å². The summed E-state index contributed by atoms with van der Waals surface area (Å²) in [5.74, 6) is -0.0370. The Morgan fingerprint density at radius 2 is 1.61 bits per heavy atom. The molecule has 1 saturated heterocycles. The first kappa shape index (κ1) is 22.6. The molecule has 4 rings (SSSR count). The van der Waals surface area contributed by atoms with Gasteiger partial charge in [-0.2, -0.15) is 0 Å². The highest BCUT2D eigenvalue weighted by Crippen LogP contribution is 2.24. The van der Waals surface area contributed by atoms with Gasteiger partial charge < -0.3 is 10.2 Å². The maximum absolute atomic E-state index is 13.0. The topological polar surface area (TPSA) is 76.3 Å². The second-order valence-corrected chi connectivity index (χ2v) is 8.72. The van der Waals surface area contributed by atoms with Crippen molar-refractivity contribution in [2.45, 2.75) is 33.2 Å². The molecule has 1 amide bonds. The van der Waals surface area contributed by atoms with Crippen molar-refractivity contribution in [3.05, 3.63) is 92.3 Å². The molecule has 1 fully saturated rings. The van der Waals surface area contributed by atoms with Gasteiger partial charge in [0, 0.05) is 32.6 Å². The molecule has 1 aliphatic heterocycles. The number of carbonyl (C=O) groups is 1. The van der Waals surface area contributed by atoms with Gasteiger partial charge in [-0.1, -0.05) is 48.0 Å². The minimum Gasteiger partial charge on any atom is -0.366 e. The van der Waals surface area contributed by atoms with Gasteiger partial charge in [0.15, 0.2) is 0 Å². The summed E-state index contributed by atoms with van der Waals surface area (Å²) in [4.78, 5) is 40.6. The molecule has 0 saturated carbocycles. The lowest BCUT2D eigenvalue weighted by Gasteiger charge is -2.34. The van der Waals surface area contributed by atoms with E-state index in [4.69, 9.17) is 0 Å². The zero-order valence-corrected chi connectivity index (χ0v) is 19.4. The fourth-order valence-electron chi connectivity index (χ4n) is 4.45. The van der Waals surface area contributed by atoms with Gasteiger partial charge in [0.25, 0.3) is 5.56 Å². The third-order valence-electron chi connectivity index (χ3n) is 6.45. The number of hydrogen-bond acceptors (Lipinski definition) is 4. The van der Waals surface area contributed by atoms with Crippen LogP contribution in [0.4, 0.5) is 5.69 Å². The maximum Gasteiger partial charge on any atom is 0.335 e. The molecule has 0 radical (unpaired) electrons. The lowest BCUT2D eigenvalue weighted by molar-refractivity contribution is -0.125. The molecule has 0 atom stereocenters. The van der Waals surface area contributed by atoms with Crippen molar-refractivity contribution in [1.82, 2.24) is 14.5 Å². The van der Waals surface area contributed by atoms with Gasteiger partial charge >= 0.3 is 5.69 Å². The summed E-state index contributed by atoms with van der Waals surface area (Å²) >= 11 is 0. The first-order valence-corrected chi connectivity index (χ1v) is 11.3. The molecule has 0 unspecified atom stereocenters. The molecule has 172 valence electrons. The maximum atomic E-state index is 13.0. The lowest BCUT2D eigenvalue weighted by Crippen LogP contribution is -2.46. The highest BCUT2D eigenvalue weighted by Gasteiger charge is 2.28. The number of para-hydroxylation sites is 1. The van der Waals surface area contributed by atoms with Crippen molar-refractivity contribution in [2.24, 2.45) is 13.0 Å². The Morgan fingerprint density at radius 1 is 0.970 bits per heavy atom. The number of hydrogen-bond donors (Lipinski definition) is 1. The summed E-state index contributed by atoms with van der Waals surface area (Å²) in [6.07, 6.45) is 1.32. The molecule has 7 heteroatoms. The third-order valence-corrected chi connectivity index (χ3v) is 6.45. The molecule has 3 aromatic rings. The van der Waals surface area contributed by atoms with Gasteiger partial charge in [0.05, 0.1) is 11.4 Å². The molecule has 7 nitrogen and oxygen atoms in total. The van der Waals surface area contributed by atoms with Crippen LogP contribution in [0.3, 0.4) is 0 Å². The number of benzene rings is 2. The van der Waals surface area contributed by atoms with E-state index in [0.29, 0.717) is 43.9 Å². The van der Waals surface area contributed by atoms with Gasteiger partial charge in [0.1, 0.15) is 5.69 Å². The van der Waals surface area contributed by atoms with Crippen molar-refractivity contribution in [2.75, 3.05) is 18.0 Å². The predicted octanol–water partition coefficient (Wildman–Crippen LogP) is 2.69. The summed E-state index contributed by atoms with van der Waals surface area (Å²) < 4.78 is 2.74. The standard InChI is InChI=1S/C26H30N4O3/c1-18-9-11-20(12-10-18)17-27-24(31)21-13-15-29(16-14-21)23-19(2)30(22-7-5-4-6-8-22)26(33)28(3)25(23)32/h4-12,21H,13-17H2,1-3H3,(H,27,31). The first-order chi connectivity index (χ1) is 15.9. The molecule has 0 bridgehead atoms. The van der Waals surface area contributed by atoms with Crippen LogP contribution < -0.4 is 21.5 Å². The van der Waals surface area contributed by atoms with E-state index in [1.165, 1.54) is 12.6 Å². The molecule has 0 aliphatic carbocycles. The summed E-state index contributed by atoms with van der Waals surface area (Å²) in [7, 11) is 1.51. The summed E-state index contributed by atoms with van der Waals surface area (Å²) in [5, 5.41) is 3.04. The highest BCUT2D eigenvalue weighted by atomic mass is 16.2. The first-order valence-electron chi connectivity index (χ1n) is 11.3. The molecule has 0 spiro atoms. The highest BCUT2D eigenvalue weighted by molar-refractivity contribution is 5.79. The fraction of sp³-hybridized carbons (Fsp3) is 0.346. The Hall–Kier alpha value is -3.61. The Kier molecular flexibility index (Phi) is 6.49. The molecule has 1 aliphatic rings.